The van der Waals surface area contributed by atoms with Gasteiger partial charge in [0.2, 0.25) is 0 Å². The zero-order chi connectivity index (χ0) is 13.4. The summed E-state index contributed by atoms with van der Waals surface area (Å²) < 4.78 is 5.20. The Morgan fingerprint density at radius 2 is 2.16 bits per heavy atom. The molecule has 19 heavy (non-hydrogen) atoms. The minimum Gasteiger partial charge on any atom is -0.321 e. The van der Waals surface area contributed by atoms with Gasteiger partial charge in [0.15, 0.2) is 0 Å². The average molecular weight is 387 g/mol. The van der Waals surface area contributed by atoms with E-state index in [1.807, 2.05) is 17.8 Å². The van der Waals surface area contributed by atoms with Gasteiger partial charge in [-0.05, 0) is 46.9 Å². The van der Waals surface area contributed by atoms with Crippen molar-refractivity contribution in [1.82, 2.24) is 19.3 Å². The molecule has 0 unspecified atom stereocenters. The van der Waals surface area contributed by atoms with Crippen LogP contribution in [0.25, 0.3) is 11.0 Å². The van der Waals surface area contributed by atoms with Crippen molar-refractivity contribution in [3.63, 3.8) is 0 Å². The minimum absolute atomic E-state index is 0.406. The van der Waals surface area contributed by atoms with Gasteiger partial charge in [0, 0.05) is 16.8 Å². The second-order valence-corrected chi connectivity index (χ2v) is 5.84. The van der Waals surface area contributed by atoms with E-state index < -0.39 is 0 Å². The first-order valence-corrected chi connectivity index (χ1v) is 7.48. The predicted octanol–water partition coefficient (Wildman–Crippen LogP) is 3.16. The molecule has 1 aromatic carbocycles. The topological polar surface area (TPSA) is 35.6 Å². The van der Waals surface area contributed by atoms with Gasteiger partial charge in [-0.15, -0.1) is 11.6 Å². The molecule has 0 N–H and O–H groups in total. The maximum absolute atomic E-state index is 6.02. The number of fused-ring (bicyclic) bond motifs is 1. The van der Waals surface area contributed by atoms with Gasteiger partial charge in [-0.1, -0.05) is 0 Å². The highest BCUT2D eigenvalue weighted by molar-refractivity contribution is 14.1. The first-order valence-electron chi connectivity index (χ1n) is 5.86. The van der Waals surface area contributed by atoms with Crippen LogP contribution in [0.5, 0.6) is 0 Å². The molecule has 2 aromatic heterocycles. The summed E-state index contributed by atoms with van der Waals surface area (Å²) >= 11 is 8.31. The highest BCUT2D eigenvalue weighted by Gasteiger charge is 2.11. The Hall–Kier alpha value is -1.08. The molecule has 3 rings (SSSR count). The molecule has 0 atom stereocenters. The number of alkyl halides is 1. The number of benzene rings is 1. The molecule has 0 aliphatic rings. The summed E-state index contributed by atoms with van der Waals surface area (Å²) in [5.74, 6) is 1.29. The number of halogens is 2. The fraction of sp³-hybridized carbons (Fsp3) is 0.231. The molecule has 0 spiro atoms. The Morgan fingerprint density at radius 3 is 2.84 bits per heavy atom. The molecule has 0 aliphatic carbocycles. The van der Waals surface area contributed by atoms with Crippen LogP contribution < -0.4 is 0 Å². The Kier molecular flexibility index (Phi) is 3.49. The van der Waals surface area contributed by atoms with E-state index in [9.17, 15) is 0 Å². The summed E-state index contributed by atoms with van der Waals surface area (Å²) in [7, 11) is 1.94. The van der Waals surface area contributed by atoms with Crippen LogP contribution >= 0.6 is 34.2 Å². The number of rotatable bonds is 3. The van der Waals surface area contributed by atoms with Crippen molar-refractivity contribution in [2.24, 2.45) is 7.05 Å². The van der Waals surface area contributed by atoms with Crippen molar-refractivity contribution < 1.29 is 0 Å². The molecule has 0 amide bonds. The lowest BCUT2D eigenvalue weighted by Crippen LogP contribution is -2.08. The summed E-state index contributed by atoms with van der Waals surface area (Å²) in [6, 6.07) is 8.26. The normalized spacial score (nSPS) is 11.3. The molecule has 4 nitrogen and oxygen atoms in total. The number of hydrogen-bond acceptors (Lipinski definition) is 2. The molecule has 0 bridgehead atoms. The number of aryl methyl sites for hydroxylation is 1. The van der Waals surface area contributed by atoms with Crippen LogP contribution in [-0.4, -0.2) is 19.3 Å². The Morgan fingerprint density at radius 1 is 1.32 bits per heavy atom. The van der Waals surface area contributed by atoms with Crippen LogP contribution in [0.15, 0.2) is 30.5 Å². The summed E-state index contributed by atoms with van der Waals surface area (Å²) in [6.07, 6.45) is 1.80. The van der Waals surface area contributed by atoms with E-state index in [-0.39, 0.29) is 0 Å². The Bertz CT molecular complexity index is 731. The van der Waals surface area contributed by atoms with Crippen molar-refractivity contribution in [3.8, 4) is 0 Å². The van der Waals surface area contributed by atoms with Crippen molar-refractivity contribution in [2.45, 2.75) is 12.4 Å². The number of hydrogen-bond donors (Lipinski definition) is 0. The van der Waals surface area contributed by atoms with Crippen molar-refractivity contribution in [2.75, 3.05) is 0 Å². The van der Waals surface area contributed by atoms with Crippen LogP contribution in [0.4, 0.5) is 0 Å². The molecule has 0 radical (unpaired) electrons. The molecule has 6 heteroatoms. The van der Waals surface area contributed by atoms with Gasteiger partial charge in [-0.3, -0.25) is 4.68 Å². The molecule has 0 aliphatic heterocycles. The fourth-order valence-electron chi connectivity index (χ4n) is 2.15. The standard InChI is InChI=1S/C13H12ClIN4/c1-18-10(4-5-16-18)8-19-12-3-2-9(15)6-11(12)17-13(19)7-14/h2-6H,7-8H2,1H3. The lowest BCUT2D eigenvalue weighted by molar-refractivity contribution is 0.663. The average Bonchev–Trinajstić information content (AvgIpc) is 2.94. The van der Waals surface area contributed by atoms with Gasteiger partial charge >= 0.3 is 0 Å². The third-order valence-corrected chi connectivity index (χ3v) is 4.06. The number of nitrogens with zero attached hydrogens (tertiary/aromatic N) is 4. The largest absolute Gasteiger partial charge is 0.321 e. The summed E-state index contributed by atoms with van der Waals surface area (Å²) in [5, 5.41) is 4.20. The summed E-state index contributed by atoms with van der Waals surface area (Å²) in [4.78, 5) is 4.60. The molecule has 3 aromatic rings. The maximum atomic E-state index is 6.02. The van der Waals surface area contributed by atoms with E-state index in [1.165, 1.54) is 3.57 Å². The number of aromatic nitrogens is 4. The van der Waals surface area contributed by atoms with Crippen LogP contribution in [0.3, 0.4) is 0 Å². The second kappa shape index (κ2) is 5.13. The Balaban J connectivity index is 2.13. The molecule has 2 heterocycles. The van der Waals surface area contributed by atoms with E-state index in [1.54, 1.807) is 6.20 Å². The van der Waals surface area contributed by atoms with E-state index in [4.69, 9.17) is 11.6 Å². The Labute approximate surface area is 129 Å². The van der Waals surface area contributed by atoms with Crippen LogP contribution in [0.1, 0.15) is 11.5 Å². The highest BCUT2D eigenvalue weighted by Crippen LogP contribution is 2.21. The molecule has 0 saturated carbocycles. The van der Waals surface area contributed by atoms with Gasteiger partial charge < -0.3 is 4.57 Å². The lowest BCUT2D eigenvalue weighted by Gasteiger charge is -2.08. The highest BCUT2D eigenvalue weighted by atomic mass is 127. The second-order valence-electron chi connectivity index (χ2n) is 4.33. The van der Waals surface area contributed by atoms with E-state index >= 15 is 0 Å². The lowest BCUT2D eigenvalue weighted by atomic mass is 10.3. The van der Waals surface area contributed by atoms with E-state index in [0.29, 0.717) is 5.88 Å². The van der Waals surface area contributed by atoms with Crippen molar-refractivity contribution >= 4 is 45.2 Å². The zero-order valence-electron chi connectivity index (χ0n) is 10.3. The van der Waals surface area contributed by atoms with E-state index in [0.717, 1.165) is 29.1 Å². The first-order chi connectivity index (χ1) is 9.19. The van der Waals surface area contributed by atoms with Gasteiger partial charge in [0.25, 0.3) is 0 Å². The SMILES string of the molecule is Cn1nccc1Cn1c(CCl)nc2cc(I)ccc21. The zero-order valence-corrected chi connectivity index (χ0v) is 13.3. The minimum atomic E-state index is 0.406. The van der Waals surface area contributed by atoms with Crippen LogP contribution in [0.2, 0.25) is 0 Å². The fourth-order valence-corrected chi connectivity index (χ4v) is 2.83. The summed E-state index contributed by atoms with van der Waals surface area (Å²) in [5.41, 5.74) is 3.23. The van der Waals surface area contributed by atoms with Gasteiger partial charge in [-0.2, -0.15) is 5.10 Å². The molecule has 98 valence electrons. The third-order valence-electron chi connectivity index (χ3n) is 3.15. The smallest absolute Gasteiger partial charge is 0.125 e. The molecular formula is C13H12ClIN4. The van der Waals surface area contributed by atoms with Gasteiger partial charge in [0.1, 0.15) is 5.82 Å². The monoisotopic (exact) mass is 386 g/mol. The van der Waals surface area contributed by atoms with Crippen LogP contribution in [-0.2, 0) is 19.5 Å². The molecular weight excluding hydrogens is 375 g/mol. The summed E-state index contributed by atoms with van der Waals surface area (Å²) in [6.45, 7) is 0.732. The van der Waals surface area contributed by atoms with Crippen molar-refractivity contribution in [3.05, 3.63) is 45.6 Å². The number of imidazole rings is 1. The van der Waals surface area contributed by atoms with E-state index in [2.05, 4.69) is 55.4 Å². The van der Waals surface area contributed by atoms with Gasteiger partial charge in [-0.25, -0.2) is 4.98 Å². The first kappa shape index (κ1) is 12.9. The predicted molar refractivity (Wildman–Crippen MR) is 84.3 cm³/mol. The van der Waals surface area contributed by atoms with Crippen LogP contribution in [0, 0.1) is 3.57 Å². The van der Waals surface area contributed by atoms with Gasteiger partial charge in [0.05, 0.1) is 29.2 Å². The quantitative estimate of drug-likeness (QED) is 0.512. The third kappa shape index (κ3) is 2.36. The molecule has 0 saturated heterocycles. The molecule has 0 fully saturated rings. The van der Waals surface area contributed by atoms with Crippen molar-refractivity contribution in [1.29, 1.82) is 0 Å². The maximum Gasteiger partial charge on any atom is 0.125 e.